The van der Waals surface area contributed by atoms with Crippen LogP contribution in [0.3, 0.4) is 0 Å². The lowest BCUT2D eigenvalue weighted by atomic mass is 9.78. The number of aliphatic hydroxyl groups is 1. The molecule has 4 nitrogen and oxygen atoms in total. The molecule has 2 rings (SSSR count). The summed E-state index contributed by atoms with van der Waals surface area (Å²) >= 11 is 0. The molecule has 106 valence electrons. The van der Waals surface area contributed by atoms with Gasteiger partial charge in [0.05, 0.1) is 37.9 Å². The Morgan fingerprint density at radius 1 is 1.17 bits per heavy atom. The van der Waals surface area contributed by atoms with Gasteiger partial charge in [0, 0.05) is 5.41 Å². The zero-order chi connectivity index (χ0) is 13.8. The van der Waals surface area contributed by atoms with Crippen LogP contribution in [0, 0.1) is 10.8 Å². The van der Waals surface area contributed by atoms with E-state index < -0.39 is 0 Å². The molecule has 2 fully saturated rings. The molecule has 4 heteroatoms. The summed E-state index contributed by atoms with van der Waals surface area (Å²) in [5, 5.41) is 9.24. The van der Waals surface area contributed by atoms with Crippen molar-refractivity contribution >= 4 is 5.78 Å². The van der Waals surface area contributed by atoms with Gasteiger partial charge in [-0.3, -0.25) is 4.79 Å². The van der Waals surface area contributed by atoms with Crippen molar-refractivity contribution in [2.75, 3.05) is 26.4 Å². The van der Waals surface area contributed by atoms with Gasteiger partial charge in [0.25, 0.3) is 0 Å². The maximum absolute atomic E-state index is 10.9. The first-order valence-electron chi connectivity index (χ1n) is 6.77. The topological polar surface area (TPSA) is 55.8 Å². The largest absolute Gasteiger partial charge is 0.393 e. The zero-order valence-corrected chi connectivity index (χ0v) is 12.0. The minimum Gasteiger partial charge on any atom is -0.393 e. The van der Waals surface area contributed by atoms with Gasteiger partial charge in [0.15, 0.2) is 0 Å². The monoisotopic (exact) mass is 258 g/mol. The summed E-state index contributed by atoms with van der Waals surface area (Å²) in [7, 11) is 0. The molecule has 0 amide bonds. The fourth-order valence-corrected chi connectivity index (χ4v) is 2.11. The number of hydrogen-bond donors (Lipinski definition) is 1. The average molecular weight is 258 g/mol. The fourth-order valence-electron chi connectivity index (χ4n) is 2.11. The van der Waals surface area contributed by atoms with E-state index in [1.54, 1.807) is 6.92 Å². The van der Waals surface area contributed by atoms with Crippen LogP contribution in [0.2, 0.25) is 0 Å². The minimum atomic E-state index is -0.212. The second-order valence-electron chi connectivity index (χ2n) is 5.57. The molecule has 2 saturated heterocycles. The van der Waals surface area contributed by atoms with Gasteiger partial charge in [0.1, 0.15) is 5.78 Å². The first kappa shape index (κ1) is 15.6. The Hall–Kier alpha value is -0.450. The summed E-state index contributed by atoms with van der Waals surface area (Å²) in [4.78, 5) is 10.9. The molecule has 0 aromatic heterocycles. The molecular weight excluding hydrogens is 232 g/mol. The van der Waals surface area contributed by atoms with Crippen LogP contribution in [0.1, 0.15) is 40.5 Å². The van der Waals surface area contributed by atoms with Gasteiger partial charge < -0.3 is 14.6 Å². The molecule has 0 aliphatic carbocycles. The number of aliphatic hydroxyl groups excluding tert-OH is 1. The molecule has 18 heavy (non-hydrogen) atoms. The van der Waals surface area contributed by atoms with Gasteiger partial charge in [-0.05, 0) is 26.7 Å². The van der Waals surface area contributed by atoms with Gasteiger partial charge in [-0.2, -0.15) is 0 Å². The Balaban J connectivity index is 0.000000180. The summed E-state index contributed by atoms with van der Waals surface area (Å²) in [5.41, 5.74) is 0.000000000000000222. The first-order chi connectivity index (χ1) is 8.42. The summed E-state index contributed by atoms with van der Waals surface area (Å²) in [5.74, 6) is 0.274. The molecule has 2 aliphatic heterocycles. The summed E-state index contributed by atoms with van der Waals surface area (Å²) in [6, 6.07) is 0. The smallest absolute Gasteiger partial charge is 0.140 e. The van der Waals surface area contributed by atoms with Crippen LogP contribution >= 0.6 is 0 Å². The fraction of sp³-hybridized carbons (Fsp3) is 0.929. The molecule has 0 aromatic carbocycles. The number of carbonyl (C=O) groups excluding carboxylic acids is 1. The summed E-state index contributed by atoms with van der Waals surface area (Å²) in [6.45, 7) is 10.4. The van der Waals surface area contributed by atoms with E-state index >= 15 is 0 Å². The van der Waals surface area contributed by atoms with E-state index in [2.05, 4.69) is 6.92 Å². The molecule has 0 bridgehead atoms. The summed E-state index contributed by atoms with van der Waals surface area (Å²) < 4.78 is 10.0. The lowest BCUT2D eigenvalue weighted by Gasteiger charge is -2.43. The normalized spacial score (nSPS) is 24.9. The molecular formula is C14H26O4. The Kier molecular flexibility index (Phi) is 5.32. The van der Waals surface area contributed by atoms with Crippen molar-refractivity contribution in [1.29, 1.82) is 0 Å². The number of Topliss-reactive ketones (excluding diaryl/α,β-unsaturated/α-hetero) is 1. The number of ketones is 1. The number of ether oxygens (including phenoxy) is 2. The highest BCUT2D eigenvalue weighted by Crippen LogP contribution is 2.34. The highest BCUT2D eigenvalue weighted by atomic mass is 16.5. The van der Waals surface area contributed by atoms with Gasteiger partial charge in [-0.1, -0.05) is 13.8 Å². The minimum absolute atomic E-state index is 0.0972. The Labute approximate surface area is 110 Å². The van der Waals surface area contributed by atoms with Crippen molar-refractivity contribution in [2.45, 2.75) is 46.6 Å². The molecule has 1 atom stereocenters. The lowest BCUT2D eigenvalue weighted by molar-refractivity contribution is -0.168. The molecule has 2 aliphatic rings. The van der Waals surface area contributed by atoms with Gasteiger partial charge in [0.2, 0.25) is 0 Å². The molecule has 0 radical (unpaired) electrons. The van der Waals surface area contributed by atoms with E-state index in [9.17, 15) is 9.90 Å². The van der Waals surface area contributed by atoms with E-state index in [-0.39, 0.29) is 22.7 Å². The third-order valence-corrected chi connectivity index (χ3v) is 4.55. The maximum Gasteiger partial charge on any atom is 0.140 e. The van der Waals surface area contributed by atoms with E-state index in [4.69, 9.17) is 9.47 Å². The molecule has 1 unspecified atom stereocenters. The number of carbonyl (C=O) groups is 1. The Morgan fingerprint density at radius 2 is 1.67 bits per heavy atom. The van der Waals surface area contributed by atoms with Crippen LogP contribution in [0.5, 0.6) is 0 Å². The SMILES string of the molecule is CCC1(C(C)=O)COC1.CCC1(C(C)O)COC1. The van der Waals surface area contributed by atoms with Crippen molar-refractivity contribution in [3.63, 3.8) is 0 Å². The standard InChI is InChI=1S/C7H14O2.C7H12O2/c2*1-3-7(6(2)8)4-9-5-7/h6,8H,3-5H2,1-2H3;3-5H2,1-2H3. The van der Waals surface area contributed by atoms with Crippen LogP contribution in [-0.4, -0.2) is 43.4 Å². The lowest BCUT2D eigenvalue weighted by Crippen LogP contribution is -2.49. The maximum atomic E-state index is 10.9. The van der Waals surface area contributed by atoms with Crippen LogP contribution < -0.4 is 0 Å². The van der Waals surface area contributed by atoms with Gasteiger partial charge in [-0.15, -0.1) is 0 Å². The van der Waals surface area contributed by atoms with Crippen LogP contribution in [0.4, 0.5) is 0 Å². The van der Waals surface area contributed by atoms with Crippen molar-refractivity contribution in [3.8, 4) is 0 Å². The second-order valence-corrected chi connectivity index (χ2v) is 5.57. The van der Waals surface area contributed by atoms with E-state index in [1.165, 1.54) is 0 Å². The Bertz CT molecular complexity index is 266. The molecule has 0 spiro atoms. The number of rotatable bonds is 4. The Morgan fingerprint density at radius 3 is 1.67 bits per heavy atom. The second kappa shape index (κ2) is 6.13. The molecule has 2 heterocycles. The van der Waals surface area contributed by atoms with Crippen molar-refractivity contribution in [3.05, 3.63) is 0 Å². The molecule has 1 N–H and O–H groups in total. The molecule has 0 aromatic rings. The third kappa shape index (κ3) is 2.92. The van der Waals surface area contributed by atoms with E-state index in [0.717, 1.165) is 26.1 Å². The van der Waals surface area contributed by atoms with Crippen LogP contribution in [0.25, 0.3) is 0 Å². The molecule has 0 saturated carbocycles. The van der Waals surface area contributed by atoms with Crippen molar-refractivity contribution in [1.82, 2.24) is 0 Å². The quantitative estimate of drug-likeness (QED) is 0.835. The zero-order valence-electron chi connectivity index (χ0n) is 12.0. The van der Waals surface area contributed by atoms with E-state index in [0.29, 0.717) is 13.2 Å². The average Bonchev–Trinajstić information content (AvgIpc) is 2.15. The van der Waals surface area contributed by atoms with Crippen molar-refractivity contribution < 1.29 is 19.4 Å². The van der Waals surface area contributed by atoms with Gasteiger partial charge in [-0.25, -0.2) is 0 Å². The third-order valence-electron chi connectivity index (χ3n) is 4.55. The van der Waals surface area contributed by atoms with Crippen LogP contribution in [0.15, 0.2) is 0 Å². The van der Waals surface area contributed by atoms with Gasteiger partial charge >= 0.3 is 0 Å². The first-order valence-corrected chi connectivity index (χ1v) is 6.77. The van der Waals surface area contributed by atoms with Crippen LogP contribution in [-0.2, 0) is 14.3 Å². The van der Waals surface area contributed by atoms with E-state index in [1.807, 2.05) is 13.8 Å². The van der Waals surface area contributed by atoms with Crippen molar-refractivity contribution in [2.24, 2.45) is 10.8 Å². The predicted molar refractivity (Wildman–Crippen MR) is 69.4 cm³/mol. The summed E-state index contributed by atoms with van der Waals surface area (Å²) in [6.07, 6.45) is 1.73. The highest BCUT2D eigenvalue weighted by molar-refractivity contribution is 5.83. The predicted octanol–water partition coefficient (Wildman–Crippen LogP) is 1.80. The highest BCUT2D eigenvalue weighted by Gasteiger charge is 2.41. The number of hydrogen-bond acceptors (Lipinski definition) is 4.